The Balaban J connectivity index is 1.88. The molecule has 1 saturated carbocycles. The molecule has 0 aromatic heterocycles. The standard InChI is InChI=1S/C24H32FNO/c1-18-10-4-6-12-20(18)23(26(2)3)21-13-8-9-16-24(21,27)17-15-19-11-5-7-14-22(19)25/h4-7,10-12,14,21,23,27H,8-9,13,15-17H2,1-3H3. The molecule has 1 fully saturated rings. The third-order valence-corrected chi connectivity index (χ3v) is 6.29. The normalized spacial score (nSPS) is 24.1. The molecule has 0 spiro atoms. The maximum Gasteiger partial charge on any atom is 0.126 e. The molecular formula is C24H32FNO. The summed E-state index contributed by atoms with van der Waals surface area (Å²) in [7, 11) is 4.20. The van der Waals surface area contributed by atoms with Crippen LogP contribution in [0, 0.1) is 18.7 Å². The SMILES string of the molecule is Cc1ccccc1C(C1CCCCC1(O)CCc1ccccc1F)N(C)C. The molecule has 3 atom stereocenters. The van der Waals surface area contributed by atoms with Crippen LogP contribution in [0.3, 0.4) is 0 Å². The lowest BCUT2D eigenvalue weighted by Gasteiger charge is -2.47. The summed E-state index contributed by atoms with van der Waals surface area (Å²) in [6.07, 6.45) is 5.16. The predicted octanol–water partition coefficient (Wildman–Crippen LogP) is 5.29. The van der Waals surface area contributed by atoms with Crippen LogP contribution in [0.25, 0.3) is 0 Å². The van der Waals surface area contributed by atoms with Crippen molar-refractivity contribution in [1.29, 1.82) is 0 Å². The average Bonchev–Trinajstić information content (AvgIpc) is 2.64. The molecule has 0 amide bonds. The first-order valence-corrected chi connectivity index (χ1v) is 10.1. The van der Waals surface area contributed by atoms with Crippen molar-refractivity contribution in [3.8, 4) is 0 Å². The largest absolute Gasteiger partial charge is 0.390 e. The van der Waals surface area contributed by atoms with E-state index < -0.39 is 5.60 Å². The molecule has 3 unspecified atom stereocenters. The van der Waals surface area contributed by atoms with E-state index >= 15 is 0 Å². The first kappa shape index (κ1) is 20.0. The highest BCUT2D eigenvalue weighted by atomic mass is 19.1. The van der Waals surface area contributed by atoms with E-state index in [9.17, 15) is 9.50 Å². The summed E-state index contributed by atoms with van der Waals surface area (Å²) in [5.41, 5.74) is 2.49. The minimum atomic E-state index is -0.766. The minimum Gasteiger partial charge on any atom is -0.390 e. The Morgan fingerprint density at radius 1 is 1.11 bits per heavy atom. The molecule has 27 heavy (non-hydrogen) atoms. The Bertz CT molecular complexity index is 760. The highest BCUT2D eigenvalue weighted by Crippen LogP contribution is 2.46. The van der Waals surface area contributed by atoms with Gasteiger partial charge in [0.15, 0.2) is 0 Å². The summed E-state index contributed by atoms with van der Waals surface area (Å²) in [6, 6.07) is 15.6. The second-order valence-electron chi connectivity index (χ2n) is 8.31. The Hall–Kier alpha value is -1.71. The van der Waals surface area contributed by atoms with Gasteiger partial charge in [0.2, 0.25) is 0 Å². The number of rotatable bonds is 6. The van der Waals surface area contributed by atoms with E-state index in [1.807, 2.05) is 12.1 Å². The van der Waals surface area contributed by atoms with Gasteiger partial charge < -0.3 is 10.0 Å². The smallest absolute Gasteiger partial charge is 0.126 e. The van der Waals surface area contributed by atoms with Crippen LogP contribution in [-0.2, 0) is 6.42 Å². The zero-order valence-corrected chi connectivity index (χ0v) is 16.8. The summed E-state index contributed by atoms with van der Waals surface area (Å²) < 4.78 is 14.1. The number of benzene rings is 2. The van der Waals surface area contributed by atoms with E-state index in [2.05, 4.69) is 50.2 Å². The van der Waals surface area contributed by atoms with Gasteiger partial charge in [-0.3, -0.25) is 0 Å². The van der Waals surface area contributed by atoms with Gasteiger partial charge in [0.25, 0.3) is 0 Å². The van der Waals surface area contributed by atoms with Crippen LogP contribution >= 0.6 is 0 Å². The molecule has 1 N–H and O–H groups in total. The van der Waals surface area contributed by atoms with Gasteiger partial charge in [0.05, 0.1) is 5.60 Å². The lowest BCUT2D eigenvalue weighted by atomic mass is 9.67. The van der Waals surface area contributed by atoms with Crippen LogP contribution in [0.5, 0.6) is 0 Å². The number of hydrogen-bond acceptors (Lipinski definition) is 2. The molecule has 0 aliphatic heterocycles. The molecule has 0 bridgehead atoms. The molecule has 146 valence electrons. The maximum absolute atomic E-state index is 14.1. The lowest BCUT2D eigenvalue weighted by molar-refractivity contribution is -0.0830. The lowest BCUT2D eigenvalue weighted by Crippen LogP contribution is -2.47. The van der Waals surface area contributed by atoms with E-state index in [0.29, 0.717) is 18.4 Å². The molecule has 0 saturated heterocycles. The van der Waals surface area contributed by atoms with Gasteiger partial charge in [0.1, 0.15) is 5.82 Å². The Morgan fingerprint density at radius 3 is 2.52 bits per heavy atom. The number of hydrogen-bond donors (Lipinski definition) is 1. The number of nitrogens with zero attached hydrogens (tertiary/aromatic N) is 1. The average molecular weight is 370 g/mol. The van der Waals surface area contributed by atoms with Crippen molar-refractivity contribution in [2.45, 2.75) is 57.1 Å². The van der Waals surface area contributed by atoms with Gasteiger partial charge in [-0.1, -0.05) is 55.3 Å². The van der Waals surface area contributed by atoms with Gasteiger partial charge in [-0.05, 0) is 69.5 Å². The highest BCUT2D eigenvalue weighted by molar-refractivity contribution is 5.30. The molecule has 0 heterocycles. The first-order chi connectivity index (χ1) is 12.9. The summed E-state index contributed by atoms with van der Waals surface area (Å²) in [4.78, 5) is 2.24. The zero-order chi connectivity index (χ0) is 19.4. The van der Waals surface area contributed by atoms with Gasteiger partial charge >= 0.3 is 0 Å². The Labute approximate surface area is 163 Å². The molecule has 1 aliphatic rings. The molecule has 2 aromatic rings. The van der Waals surface area contributed by atoms with E-state index in [-0.39, 0.29) is 17.8 Å². The van der Waals surface area contributed by atoms with Gasteiger partial charge in [-0.15, -0.1) is 0 Å². The first-order valence-electron chi connectivity index (χ1n) is 10.1. The van der Waals surface area contributed by atoms with Crippen molar-refractivity contribution < 1.29 is 9.50 Å². The van der Waals surface area contributed by atoms with E-state index in [0.717, 1.165) is 25.7 Å². The van der Waals surface area contributed by atoms with Crippen molar-refractivity contribution in [2.24, 2.45) is 5.92 Å². The van der Waals surface area contributed by atoms with E-state index in [4.69, 9.17) is 0 Å². The summed E-state index contributed by atoms with van der Waals surface area (Å²) in [5.74, 6) is -0.0225. The van der Waals surface area contributed by atoms with Crippen LogP contribution in [0.15, 0.2) is 48.5 Å². The predicted molar refractivity (Wildman–Crippen MR) is 109 cm³/mol. The fraction of sp³-hybridized carbons (Fsp3) is 0.500. The Kier molecular flexibility index (Phi) is 6.33. The van der Waals surface area contributed by atoms with Crippen LogP contribution in [0.4, 0.5) is 4.39 Å². The second kappa shape index (κ2) is 8.53. The molecular weight excluding hydrogens is 337 g/mol. The molecule has 1 aliphatic carbocycles. The quantitative estimate of drug-likeness (QED) is 0.748. The van der Waals surface area contributed by atoms with Crippen LogP contribution in [0.1, 0.15) is 54.8 Å². The van der Waals surface area contributed by atoms with Gasteiger partial charge in [0, 0.05) is 12.0 Å². The van der Waals surface area contributed by atoms with Crippen LogP contribution in [-0.4, -0.2) is 29.7 Å². The number of aliphatic hydroxyl groups is 1. The zero-order valence-electron chi connectivity index (χ0n) is 16.8. The fourth-order valence-corrected chi connectivity index (χ4v) is 4.84. The summed E-state index contributed by atoms with van der Waals surface area (Å²) >= 11 is 0. The van der Waals surface area contributed by atoms with Crippen LogP contribution in [0.2, 0.25) is 0 Å². The monoisotopic (exact) mass is 369 g/mol. The van der Waals surface area contributed by atoms with Crippen molar-refractivity contribution in [3.05, 3.63) is 71.0 Å². The summed E-state index contributed by atoms with van der Waals surface area (Å²) in [5, 5.41) is 11.7. The van der Waals surface area contributed by atoms with Gasteiger partial charge in [-0.25, -0.2) is 4.39 Å². The minimum absolute atomic E-state index is 0.147. The van der Waals surface area contributed by atoms with Gasteiger partial charge in [-0.2, -0.15) is 0 Å². The highest BCUT2D eigenvalue weighted by Gasteiger charge is 2.44. The Morgan fingerprint density at radius 2 is 1.81 bits per heavy atom. The third-order valence-electron chi connectivity index (χ3n) is 6.29. The van der Waals surface area contributed by atoms with Crippen molar-refractivity contribution in [1.82, 2.24) is 4.90 Å². The number of halogens is 1. The molecule has 2 aromatic carbocycles. The topological polar surface area (TPSA) is 23.5 Å². The molecule has 3 heteroatoms. The van der Waals surface area contributed by atoms with Crippen molar-refractivity contribution >= 4 is 0 Å². The fourth-order valence-electron chi connectivity index (χ4n) is 4.84. The molecule has 0 radical (unpaired) electrons. The third kappa shape index (κ3) is 4.41. The van der Waals surface area contributed by atoms with Crippen molar-refractivity contribution in [3.63, 3.8) is 0 Å². The second-order valence-corrected chi connectivity index (χ2v) is 8.31. The van der Waals surface area contributed by atoms with E-state index in [1.54, 1.807) is 6.07 Å². The van der Waals surface area contributed by atoms with Crippen molar-refractivity contribution in [2.75, 3.05) is 14.1 Å². The summed E-state index contributed by atoms with van der Waals surface area (Å²) in [6.45, 7) is 2.15. The molecule has 3 rings (SSSR count). The van der Waals surface area contributed by atoms with Crippen LogP contribution < -0.4 is 0 Å². The number of aryl methyl sites for hydroxylation is 2. The molecule has 2 nitrogen and oxygen atoms in total. The maximum atomic E-state index is 14.1. The van der Waals surface area contributed by atoms with E-state index in [1.165, 1.54) is 17.2 Å².